The quantitative estimate of drug-likeness (QED) is 0.433. The summed E-state index contributed by atoms with van der Waals surface area (Å²) in [6.45, 7) is 7.68. The minimum Gasteiger partial charge on any atom is -0.494 e. The molecule has 0 saturated carbocycles. The predicted octanol–water partition coefficient (Wildman–Crippen LogP) is 6.37. The van der Waals surface area contributed by atoms with Crippen LogP contribution in [0.25, 0.3) is 0 Å². The van der Waals surface area contributed by atoms with Crippen LogP contribution in [0.5, 0.6) is 17.2 Å². The molecule has 3 nitrogen and oxygen atoms in total. The first kappa shape index (κ1) is 17.3. The average Bonchev–Trinajstić information content (AvgIpc) is 2.71. The summed E-state index contributed by atoms with van der Waals surface area (Å²) in [6.07, 6.45) is 0. The summed E-state index contributed by atoms with van der Waals surface area (Å²) in [4.78, 5) is 0. The third kappa shape index (κ3) is 5.61. The monoisotopic (exact) mass is 378 g/mol. The van der Waals surface area contributed by atoms with Crippen LogP contribution in [0.15, 0.2) is 78.8 Å². The number of hydrogen-bond donors (Lipinski definition) is 0. The van der Waals surface area contributed by atoms with Crippen LogP contribution in [-0.4, -0.2) is 13.2 Å². The van der Waals surface area contributed by atoms with Crippen LogP contribution in [0, 0.1) is 0 Å². The van der Waals surface area contributed by atoms with Crippen LogP contribution < -0.4 is 9.47 Å². The second-order valence-electron chi connectivity index (χ2n) is 7.24. The summed E-state index contributed by atoms with van der Waals surface area (Å²) in [6, 6.07) is 21.3. The Morgan fingerprint density at radius 2 is 1.68 bits per heavy atom. The molecular weight excluding hydrogens is 348 g/mol. The molecule has 3 aromatic rings. The van der Waals surface area contributed by atoms with E-state index in [1.54, 1.807) is 24.3 Å². The highest BCUT2D eigenvalue weighted by Gasteiger charge is 2.21. The molecule has 0 heterocycles. The van der Waals surface area contributed by atoms with Gasteiger partial charge in [-0.25, -0.2) is 0 Å². The van der Waals surface area contributed by atoms with Gasteiger partial charge in [0, 0.05) is 5.41 Å². The van der Waals surface area contributed by atoms with Gasteiger partial charge < -0.3 is 14.2 Å². The first-order valence-electron chi connectivity index (χ1n) is 10.5. The summed E-state index contributed by atoms with van der Waals surface area (Å²) in [5.41, 5.74) is 1.84. The largest absolute Gasteiger partial charge is 0.494 e. The van der Waals surface area contributed by atoms with Gasteiger partial charge in [0.05, 0.1) is 22.6 Å². The van der Waals surface area contributed by atoms with E-state index in [-0.39, 0.29) is 5.41 Å². The molecule has 0 saturated heterocycles. The molecule has 0 radical (unpaired) electrons. The minimum atomic E-state index is -0.230. The molecule has 0 unspecified atom stereocenters. The third-order valence-corrected chi connectivity index (χ3v) is 4.42. The van der Waals surface area contributed by atoms with Crippen molar-refractivity contribution in [3.63, 3.8) is 0 Å². The molecule has 3 aromatic carbocycles. The molecule has 3 rings (SSSR count). The summed E-state index contributed by atoms with van der Waals surface area (Å²) in [7, 11) is 0. The van der Waals surface area contributed by atoms with E-state index in [1.165, 1.54) is 0 Å². The van der Waals surface area contributed by atoms with Crippen molar-refractivity contribution in [1.82, 2.24) is 0 Å². The van der Waals surface area contributed by atoms with Crippen molar-refractivity contribution < 1.29 is 17.0 Å². The number of hydrogen-bond acceptors (Lipinski definition) is 3. The summed E-state index contributed by atoms with van der Waals surface area (Å²) in [5, 5.41) is 0. The van der Waals surface area contributed by atoms with Crippen LogP contribution in [-0.2, 0) is 16.8 Å². The Hall–Kier alpha value is -2.78. The van der Waals surface area contributed by atoms with Crippen molar-refractivity contribution in [2.45, 2.75) is 32.8 Å². The predicted molar refractivity (Wildman–Crippen MR) is 113 cm³/mol. The normalized spacial score (nSPS) is 12.2. The van der Waals surface area contributed by atoms with E-state index in [0.717, 1.165) is 16.9 Å². The van der Waals surface area contributed by atoms with Crippen molar-refractivity contribution >= 4 is 0 Å². The van der Waals surface area contributed by atoms with Crippen molar-refractivity contribution in [3.8, 4) is 17.2 Å². The fourth-order valence-corrected chi connectivity index (χ4v) is 2.86. The summed E-state index contributed by atoms with van der Waals surface area (Å²) in [5.74, 6) is 2.04. The second kappa shape index (κ2) is 9.43. The van der Waals surface area contributed by atoms with Gasteiger partial charge in [0.25, 0.3) is 0 Å². The maximum absolute atomic E-state index is 8.14. The van der Waals surface area contributed by atoms with Gasteiger partial charge >= 0.3 is 0 Å². The molecule has 0 aliphatic heterocycles. The molecule has 0 fully saturated rings. The van der Waals surface area contributed by atoms with E-state index in [9.17, 15) is 0 Å². The van der Waals surface area contributed by atoms with E-state index >= 15 is 0 Å². The van der Waals surface area contributed by atoms with Gasteiger partial charge in [0.1, 0.15) is 17.2 Å². The molecular formula is C25H28O3. The zero-order valence-electron chi connectivity index (χ0n) is 18.7. The highest BCUT2D eigenvalue weighted by molar-refractivity contribution is 5.34. The molecule has 0 amide bonds. The fraction of sp³-hybridized carbons (Fsp3) is 0.280. The van der Waals surface area contributed by atoms with Gasteiger partial charge in [-0.15, -0.1) is 0 Å². The number of benzene rings is 3. The Bertz CT molecular complexity index is 968. The highest BCUT2D eigenvalue weighted by Crippen LogP contribution is 2.27. The Kier molecular flexibility index (Phi) is 5.83. The Morgan fingerprint density at radius 3 is 2.43 bits per heavy atom. The fourth-order valence-electron chi connectivity index (χ4n) is 2.86. The minimum absolute atomic E-state index is 0.230. The van der Waals surface area contributed by atoms with Crippen molar-refractivity contribution in [2.24, 2.45) is 0 Å². The van der Waals surface area contributed by atoms with Gasteiger partial charge in [-0.05, 0) is 54.4 Å². The molecule has 0 N–H and O–H groups in total. The van der Waals surface area contributed by atoms with Gasteiger partial charge in [-0.1, -0.05) is 56.3 Å². The first-order valence-corrected chi connectivity index (χ1v) is 9.52. The SMILES string of the molecule is [2H]c1ccc(Oc2cccc(COCC(C)(C)c3ccc(OCC)c([2H])c3)c2)cc1. The zero-order chi connectivity index (χ0) is 21.6. The Morgan fingerprint density at radius 1 is 0.893 bits per heavy atom. The second-order valence-corrected chi connectivity index (χ2v) is 7.24. The van der Waals surface area contributed by atoms with E-state index < -0.39 is 0 Å². The van der Waals surface area contributed by atoms with Crippen LogP contribution >= 0.6 is 0 Å². The van der Waals surface area contributed by atoms with Gasteiger partial charge in [0.2, 0.25) is 0 Å². The van der Waals surface area contributed by atoms with E-state index in [1.807, 2.05) is 49.4 Å². The Labute approximate surface area is 170 Å². The molecule has 146 valence electrons. The van der Waals surface area contributed by atoms with E-state index in [2.05, 4.69) is 13.8 Å². The standard InChI is InChI=1S/C25H28O3/c1-4-27-22-15-13-21(14-16-22)25(2,3)19-26-18-20-9-8-12-24(17-20)28-23-10-6-5-7-11-23/h5-17H,4,18-19H2,1-3H3/i5D,15D. The molecule has 0 bridgehead atoms. The summed E-state index contributed by atoms with van der Waals surface area (Å²) < 4.78 is 33.0. The molecule has 0 spiro atoms. The van der Waals surface area contributed by atoms with Crippen LogP contribution in [0.2, 0.25) is 0 Å². The highest BCUT2D eigenvalue weighted by atomic mass is 16.5. The molecule has 0 aliphatic rings. The Balaban J connectivity index is 1.59. The molecule has 0 atom stereocenters. The number of para-hydroxylation sites is 1. The van der Waals surface area contributed by atoms with Crippen LogP contribution in [0.4, 0.5) is 0 Å². The van der Waals surface area contributed by atoms with Gasteiger partial charge in [-0.3, -0.25) is 0 Å². The van der Waals surface area contributed by atoms with Crippen molar-refractivity contribution in [2.75, 3.05) is 13.2 Å². The van der Waals surface area contributed by atoms with Crippen LogP contribution in [0.3, 0.4) is 0 Å². The maximum Gasteiger partial charge on any atom is 0.127 e. The smallest absolute Gasteiger partial charge is 0.127 e. The van der Waals surface area contributed by atoms with Gasteiger partial charge in [-0.2, -0.15) is 0 Å². The topological polar surface area (TPSA) is 27.7 Å². The van der Waals surface area contributed by atoms with E-state index in [0.29, 0.717) is 43.4 Å². The van der Waals surface area contributed by atoms with Gasteiger partial charge in [0.15, 0.2) is 0 Å². The lowest BCUT2D eigenvalue weighted by atomic mass is 9.85. The zero-order valence-corrected chi connectivity index (χ0v) is 16.7. The molecule has 0 aliphatic carbocycles. The lowest BCUT2D eigenvalue weighted by Gasteiger charge is -2.25. The number of ether oxygens (including phenoxy) is 3. The summed E-state index contributed by atoms with van der Waals surface area (Å²) >= 11 is 0. The molecule has 28 heavy (non-hydrogen) atoms. The lowest BCUT2D eigenvalue weighted by Crippen LogP contribution is -2.24. The van der Waals surface area contributed by atoms with Crippen molar-refractivity contribution in [3.05, 3.63) is 89.9 Å². The number of rotatable bonds is 9. The maximum atomic E-state index is 8.14. The van der Waals surface area contributed by atoms with E-state index in [4.69, 9.17) is 17.0 Å². The van der Waals surface area contributed by atoms with Crippen LogP contribution in [0.1, 0.15) is 34.6 Å². The lowest BCUT2D eigenvalue weighted by molar-refractivity contribution is 0.0824. The molecule has 0 aromatic heterocycles. The third-order valence-electron chi connectivity index (χ3n) is 4.42. The van der Waals surface area contributed by atoms with Crippen molar-refractivity contribution in [1.29, 1.82) is 0 Å². The first-order chi connectivity index (χ1) is 14.4. The average molecular weight is 379 g/mol. The molecule has 3 heteroatoms.